The van der Waals surface area contributed by atoms with Crippen LogP contribution in [0.1, 0.15) is 51.4 Å². The van der Waals surface area contributed by atoms with E-state index in [-0.39, 0.29) is 23.7 Å². The average Bonchev–Trinajstić information content (AvgIpc) is 2.39. The van der Waals surface area contributed by atoms with Crippen molar-refractivity contribution in [1.29, 1.82) is 0 Å². The van der Waals surface area contributed by atoms with Gasteiger partial charge in [0.05, 0.1) is 0 Å². The van der Waals surface area contributed by atoms with Gasteiger partial charge in [0.25, 0.3) is 0 Å². The Kier molecular flexibility index (Phi) is 10.3. The predicted octanol–water partition coefficient (Wildman–Crippen LogP) is 2.25. The summed E-state index contributed by atoms with van der Waals surface area (Å²) in [6, 6.07) is 0. The van der Waals surface area contributed by atoms with Crippen LogP contribution < -0.4 is 11.1 Å². The maximum absolute atomic E-state index is 11.9. The van der Waals surface area contributed by atoms with Gasteiger partial charge >= 0.3 is 0 Å². The Bertz CT molecular complexity index is 244. The van der Waals surface area contributed by atoms with Crippen molar-refractivity contribution < 1.29 is 9.53 Å². The average molecular weight is 293 g/mol. The first kappa shape index (κ1) is 18.7. The number of halogens is 1. The predicted molar refractivity (Wildman–Crippen MR) is 80.6 cm³/mol. The summed E-state index contributed by atoms with van der Waals surface area (Å²) in [6.07, 6.45) is 8.54. The molecule has 5 heteroatoms. The molecule has 4 nitrogen and oxygen atoms in total. The zero-order valence-corrected chi connectivity index (χ0v) is 12.9. The van der Waals surface area contributed by atoms with Gasteiger partial charge in [-0.25, -0.2) is 0 Å². The van der Waals surface area contributed by atoms with Gasteiger partial charge in [0, 0.05) is 26.7 Å². The van der Waals surface area contributed by atoms with E-state index < -0.39 is 0 Å². The van der Waals surface area contributed by atoms with E-state index in [1.807, 2.05) is 0 Å². The Balaban J connectivity index is 0.00000324. The number of hydrogen-bond acceptors (Lipinski definition) is 3. The van der Waals surface area contributed by atoms with Crippen molar-refractivity contribution in [3.63, 3.8) is 0 Å². The third-order valence-electron chi connectivity index (χ3n) is 3.98. The Morgan fingerprint density at radius 1 is 1.26 bits per heavy atom. The number of carbonyl (C=O) groups is 1. The number of unbranched alkanes of at least 4 members (excludes halogenated alkanes) is 1. The van der Waals surface area contributed by atoms with Gasteiger partial charge < -0.3 is 15.8 Å². The first-order valence-electron chi connectivity index (χ1n) is 7.18. The van der Waals surface area contributed by atoms with Gasteiger partial charge in [-0.2, -0.15) is 0 Å². The molecule has 19 heavy (non-hydrogen) atoms. The lowest BCUT2D eigenvalue weighted by molar-refractivity contribution is -0.123. The molecule has 0 atom stereocenters. The number of rotatable bonds is 8. The highest BCUT2D eigenvalue weighted by atomic mass is 35.5. The van der Waals surface area contributed by atoms with E-state index >= 15 is 0 Å². The van der Waals surface area contributed by atoms with Crippen LogP contribution in [0.4, 0.5) is 0 Å². The van der Waals surface area contributed by atoms with Crippen LogP contribution in [-0.2, 0) is 9.53 Å². The Morgan fingerprint density at radius 2 is 1.95 bits per heavy atom. The highest BCUT2D eigenvalue weighted by Gasteiger charge is 2.32. The van der Waals surface area contributed by atoms with Crippen LogP contribution in [0.5, 0.6) is 0 Å². The fourth-order valence-corrected chi connectivity index (χ4v) is 2.76. The van der Waals surface area contributed by atoms with Gasteiger partial charge in [0.1, 0.15) is 0 Å². The summed E-state index contributed by atoms with van der Waals surface area (Å²) >= 11 is 0. The summed E-state index contributed by atoms with van der Waals surface area (Å²) in [6.45, 7) is 2.16. The molecule has 1 fully saturated rings. The van der Waals surface area contributed by atoms with Crippen molar-refractivity contribution >= 4 is 18.3 Å². The van der Waals surface area contributed by atoms with Crippen molar-refractivity contribution in [2.45, 2.75) is 51.4 Å². The van der Waals surface area contributed by atoms with Crippen LogP contribution in [0.15, 0.2) is 0 Å². The molecule has 1 saturated carbocycles. The van der Waals surface area contributed by atoms with Crippen molar-refractivity contribution in [3.05, 3.63) is 0 Å². The fourth-order valence-electron chi connectivity index (χ4n) is 2.76. The molecule has 0 aliphatic heterocycles. The zero-order valence-electron chi connectivity index (χ0n) is 12.1. The minimum absolute atomic E-state index is 0. The van der Waals surface area contributed by atoms with E-state index in [0.29, 0.717) is 13.0 Å². The maximum atomic E-state index is 11.9. The number of nitrogens with two attached hydrogens (primary N) is 1. The third-order valence-corrected chi connectivity index (χ3v) is 3.98. The molecule has 1 aliphatic rings. The molecular formula is C14H29ClN2O2. The summed E-state index contributed by atoms with van der Waals surface area (Å²) in [5.41, 5.74) is 5.96. The molecule has 0 bridgehead atoms. The maximum Gasteiger partial charge on any atom is 0.220 e. The zero-order chi connectivity index (χ0) is 13.3. The third kappa shape index (κ3) is 7.14. The van der Waals surface area contributed by atoms with E-state index in [0.717, 1.165) is 38.8 Å². The molecule has 0 radical (unpaired) electrons. The van der Waals surface area contributed by atoms with E-state index in [1.54, 1.807) is 7.11 Å². The smallest absolute Gasteiger partial charge is 0.220 e. The highest BCUT2D eigenvalue weighted by molar-refractivity contribution is 5.85. The second-order valence-corrected chi connectivity index (χ2v) is 5.49. The van der Waals surface area contributed by atoms with Gasteiger partial charge in [-0.3, -0.25) is 4.79 Å². The number of amides is 1. The molecule has 0 aromatic heterocycles. The topological polar surface area (TPSA) is 64.3 Å². The first-order chi connectivity index (χ1) is 8.72. The van der Waals surface area contributed by atoms with Crippen LogP contribution >= 0.6 is 12.4 Å². The van der Waals surface area contributed by atoms with Crippen molar-refractivity contribution in [2.75, 3.05) is 26.8 Å². The number of methoxy groups -OCH3 is 1. The lowest BCUT2D eigenvalue weighted by atomic mass is 9.71. The molecule has 0 heterocycles. The molecule has 114 valence electrons. The van der Waals surface area contributed by atoms with Crippen LogP contribution in [0.3, 0.4) is 0 Å². The lowest BCUT2D eigenvalue weighted by Crippen LogP contribution is -2.38. The number of hydrogen-bond donors (Lipinski definition) is 2. The Hall–Kier alpha value is -0.320. The second-order valence-electron chi connectivity index (χ2n) is 5.49. The SMILES string of the molecule is COCCCCNC(=O)CC1(CN)CCCCC1.Cl. The molecule has 1 rings (SSSR count). The standard InChI is InChI=1S/C14H28N2O2.ClH/c1-18-10-6-5-9-16-13(17)11-14(12-15)7-3-2-4-8-14;/h2-12,15H2,1H3,(H,16,17);1H. The summed E-state index contributed by atoms with van der Waals surface area (Å²) in [5, 5.41) is 3.00. The molecular weight excluding hydrogens is 264 g/mol. The number of nitrogens with one attached hydrogen (secondary N) is 1. The molecule has 0 spiro atoms. The van der Waals surface area contributed by atoms with E-state index in [4.69, 9.17) is 10.5 Å². The fraction of sp³-hybridized carbons (Fsp3) is 0.929. The van der Waals surface area contributed by atoms with E-state index in [1.165, 1.54) is 19.3 Å². The number of carbonyl (C=O) groups excluding carboxylic acids is 1. The monoisotopic (exact) mass is 292 g/mol. The lowest BCUT2D eigenvalue weighted by Gasteiger charge is -2.35. The molecule has 1 aliphatic carbocycles. The normalized spacial score (nSPS) is 17.6. The van der Waals surface area contributed by atoms with Gasteiger partial charge in [0.15, 0.2) is 0 Å². The summed E-state index contributed by atoms with van der Waals surface area (Å²) in [7, 11) is 1.70. The van der Waals surface area contributed by atoms with E-state index in [9.17, 15) is 4.79 Å². The molecule has 0 aromatic rings. The second kappa shape index (κ2) is 10.5. The Morgan fingerprint density at radius 3 is 2.53 bits per heavy atom. The molecule has 0 saturated heterocycles. The van der Waals surface area contributed by atoms with Crippen molar-refractivity contribution in [3.8, 4) is 0 Å². The summed E-state index contributed by atoms with van der Waals surface area (Å²) in [5.74, 6) is 0.166. The van der Waals surface area contributed by atoms with Gasteiger partial charge in [0.2, 0.25) is 5.91 Å². The highest BCUT2D eigenvalue weighted by Crippen LogP contribution is 2.38. The number of ether oxygens (including phenoxy) is 1. The van der Waals surface area contributed by atoms with Crippen LogP contribution in [-0.4, -0.2) is 32.7 Å². The summed E-state index contributed by atoms with van der Waals surface area (Å²) < 4.78 is 4.97. The molecule has 0 unspecified atom stereocenters. The van der Waals surface area contributed by atoms with E-state index in [2.05, 4.69) is 5.32 Å². The van der Waals surface area contributed by atoms with Crippen LogP contribution in [0, 0.1) is 5.41 Å². The summed E-state index contributed by atoms with van der Waals surface area (Å²) in [4.78, 5) is 11.9. The van der Waals surface area contributed by atoms with Gasteiger partial charge in [-0.1, -0.05) is 19.3 Å². The Labute approximate surface area is 123 Å². The molecule has 3 N–H and O–H groups in total. The van der Waals surface area contributed by atoms with Crippen molar-refractivity contribution in [1.82, 2.24) is 5.32 Å². The van der Waals surface area contributed by atoms with Crippen LogP contribution in [0.25, 0.3) is 0 Å². The first-order valence-corrected chi connectivity index (χ1v) is 7.18. The minimum atomic E-state index is 0. The van der Waals surface area contributed by atoms with Crippen molar-refractivity contribution in [2.24, 2.45) is 11.1 Å². The van der Waals surface area contributed by atoms with Gasteiger partial charge in [-0.15, -0.1) is 12.4 Å². The minimum Gasteiger partial charge on any atom is -0.385 e. The van der Waals surface area contributed by atoms with Crippen LogP contribution in [0.2, 0.25) is 0 Å². The largest absolute Gasteiger partial charge is 0.385 e. The molecule has 1 amide bonds. The quantitative estimate of drug-likeness (QED) is 0.675. The molecule has 0 aromatic carbocycles. The van der Waals surface area contributed by atoms with Gasteiger partial charge in [-0.05, 0) is 37.6 Å².